The van der Waals surface area contributed by atoms with Crippen LogP contribution in [0.5, 0.6) is 0 Å². The molecular weight excluding hydrogens is 204 g/mol. The summed E-state index contributed by atoms with van der Waals surface area (Å²) in [7, 11) is 0. The summed E-state index contributed by atoms with van der Waals surface area (Å²) in [6, 6.07) is 9.85. The molecule has 1 heterocycles. The van der Waals surface area contributed by atoms with E-state index in [4.69, 9.17) is 20.6 Å². The maximum Gasteiger partial charge on any atom is 0.184 e. The molecule has 1 saturated heterocycles. The van der Waals surface area contributed by atoms with Gasteiger partial charge in [0.05, 0.1) is 13.2 Å². The first-order chi connectivity index (χ1) is 7.90. The van der Waals surface area contributed by atoms with Crippen molar-refractivity contribution in [3.05, 3.63) is 35.9 Å². The van der Waals surface area contributed by atoms with Gasteiger partial charge in [0.15, 0.2) is 6.29 Å². The minimum Gasteiger partial charge on any atom is -0.366 e. The lowest BCUT2D eigenvalue weighted by molar-refractivity contribution is -0.0720. The molecule has 0 saturated carbocycles. The molecule has 1 aromatic carbocycles. The highest BCUT2D eigenvalue weighted by molar-refractivity contribution is 5.16. The zero-order valence-corrected chi connectivity index (χ0v) is 8.96. The Hall–Kier alpha value is -1.34. The molecule has 0 radical (unpaired) electrons. The highest BCUT2D eigenvalue weighted by atomic mass is 16.7. The molecule has 16 heavy (non-hydrogen) atoms. The van der Waals surface area contributed by atoms with Gasteiger partial charge >= 0.3 is 0 Å². The summed E-state index contributed by atoms with van der Waals surface area (Å²) in [4.78, 5) is 0. The SMILES string of the molecule is C#CCOC[C@@H]1CO[C@H](c2ccccc2)O1. The molecule has 1 aliphatic rings. The van der Waals surface area contributed by atoms with Crippen molar-refractivity contribution >= 4 is 0 Å². The van der Waals surface area contributed by atoms with Crippen molar-refractivity contribution in [3.63, 3.8) is 0 Å². The minimum atomic E-state index is -0.277. The summed E-state index contributed by atoms with van der Waals surface area (Å²) < 4.78 is 16.4. The number of benzene rings is 1. The quantitative estimate of drug-likeness (QED) is 0.569. The molecule has 84 valence electrons. The number of hydrogen-bond acceptors (Lipinski definition) is 3. The first-order valence-electron chi connectivity index (χ1n) is 5.23. The van der Waals surface area contributed by atoms with Crippen molar-refractivity contribution in [1.29, 1.82) is 0 Å². The summed E-state index contributed by atoms with van der Waals surface area (Å²) in [5.41, 5.74) is 1.03. The van der Waals surface area contributed by atoms with E-state index in [1.54, 1.807) is 0 Å². The van der Waals surface area contributed by atoms with Gasteiger partial charge in [0.2, 0.25) is 0 Å². The Morgan fingerprint density at radius 2 is 2.19 bits per heavy atom. The largest absolute Gasteiger partial charge is 0.366 e. The lowest BCUT2D eigenvalue weighted by Crippen LogP contribution is -2.17. The Morgan fingerprint density at radius 3 is 2.94 bits per heavy atom. The van der Waals surface area contributed by atoms with E-state index in [1.165, 1.54) is 0 Å². The van der Waals surface area contributed by atoms with Crippen LogP contribution in [0.3, 0.4) is 0 Å². The second kappa shape index (κ2) is 5.66. The van der Waals surface area contributed by atoms with Crippen molar-refractivity contribution in [2.24, 2.45) is 0 Å². The molecule has 0 unspecified atom stereocenters. The molecule has 2 atom stereocenters. The molecule has 0 aliphatic carbocycles. The summed E-state index contributed by atoms with van der Waals surface area (Å²) in [5, 5.41) is 0. The molecule has 0 spiro atoms. The van der Waals surface area contributed by atoms with Crippen molar-refractivity contribution in [1.82, 2.24) is 0 Å². The maximum absolute atomic E-state index is 5.68. The first-order valence-corrected chi connectivity index (χ1v) is 5.23. The van der Waals surface area contributed by atoms with E-state index < -0.39 is 0 Å². The summed E-state index contributed by atoms with van der Waals surface area (Å²) in [6.07, 6.45) is 4.78. The van der Waals surface area contributed by atoms with Crippen LogP contribution in [0.1, 0.15) is 11.9 Å². The number of rotatable bonds is 4. The van der Waals surface area contributed by atoms with E-state index in [0.29, 0.717) is 19.8 Å². The van der Waals surface area contributed by atoms with Crippen LogP contribution in [0.15, 0.2) is 30.3 Å². The van der Waals surface area contributed by atoms with Crippen LogP contribution in [0.2, 0.25) is 0 Å². The number of terminal acetylenes is 1. The molecule has 1 fully saturated rings. The molecule has 2 rings (SSSR count). The van der Waals surface area contributed by atoms with Crippen molar-refractivity contribution in [2.75, 3.05) is 19.8 Å². The van der Waals surface area contributed by atoms with Crippen LogP contribution < -0.4 is 0 Å². The Balaban J connectivity index is 1.82. The van der Waals surface area contributed by atoms with E-state index in [1.807, 2.05) is 30.3 Å². The normalized spacial score (nSPS) is 24.2. The first kappa shape index (κ1) is 11.2. The molecule has 0 N–H and O–H groups in total. The molecule has 3 heteroatoms. The smallest absolute Gasteiger partial charge is 0.184 e. The zero-order valence-electron chi connectivity index (χ0n) is 8.96. The van der Waals surface area contributed by atoms with E-state index in [-0.39, 0.29) is 12.4 Å². The van der Waals surface area contributed by atoms with Crippen LogP contribution in [0.25, 0.3) is 0 Å². The highest BCUT2D eigenvalue weighted by Crippen LogP contribution is 2.26. The van der Waals surface area contributed by atoms with E-state index in [0.717, 1.165) is 5.56 Å². The predicted molar refractivity (Wildman–Crippen MR) is 59.7 cm³/mol. The van der Waals surface area contributed by atoms with Gasteiger partial charge in [-0.15, -0.1) is 6.42 Å². The van der Waals surface area contributed by atoms with E-state index in [2.05, 4.69) is 5.92 Å². The second-order valence-electron chi connectivity index (χ2n) is 3.55. The number of hydrogen-bond donors (Lipinski definition) is 0. The topological polar surface area (TPSA) is 27.7 Å². The van der Waals surface area contributed by atoms with Crippen LogP contribution in [0, 0.1) is 12.3 Å². The minimum absolute atomic E-state index is 0.0291. The predicted octanol–water partition coefficient (Wildman–Crippen LogP) is 1.75. The lowest BCUT2D eigenvalue weighted by atomic mass is 10.2. The third-order valence-corrected chi connectivity index (χ3v) is 2.31. The van der Waals surface area contributed by atoms with Gasteiger partial charge in [0, 0.05) is 5.56 Å². The third kappa shape index (κ3) is 2.83. The molecule has 3 nitrogen and oxygen atoms in total. The standard InChI is InChI=1S/C13H14O3/c1-2-8-14-9-12-10-15-13(16-12)11-6-4-3-5-7-11/h1,3-7,12-13H,8-10H2/t12-,13+/m1/s1. The second-order valence-corrected chi connectivity index (χ2v) is 3.55. The van der Waals surface area contributed by atoms with Crippen LogP contribution in [-0.2, 0) is 14.2 Å². The van der Waals surface area contributed by atoms with Gasteiger partial charge in [-0.05, 0) is 0 Å². The summed E-state index contributed by atoms with van der Waals surface area (Å²) >= 11 is 0. The van der Waals surface area contributed by atoms with Gasteiger partial charge in [-0.3, -0.25) is 0 Å². The van der Waals surface area contributed by atoms with Crippen molar-refractivity contribution in [2.45, 2.75) is 12.4 Å². The Labute approximate surface area is 95.3 Å². The Kier molecular flexibility index (Phi) is 3.95. The van der Waals surface area contributed by atoms with Crippen molar-refractivity contribution < 1.29 is 14.2 Å². The third-order valence-electron chi connectivity index (χ3n) is 2.31. The van der Waals surface area contributed by atoms with Gasteiger partial charge in [0.25, 0.3) is 0 Å². The molecule has 1 aromatic rings. The Morgan fingerprint density at radius 1 is 1.38 bits per heavy atom. The van der Waals surface area contributed by atoms with E-state index in [9.17, 15) is 0 Å². The average molecular weight is 218 g/mol. The summed E-state index contributed by atoms with van der Waals surface area (Å²) in [6.45, 7) is 1.34. The van der Waals surface area contributed by atoms with Crippen LogP contribution in [-0.4, -0.2) is 25.9 Å². The summed E-state index contributed by atoms with van der Waals surface area (Å²) in [5.74, 6) is 2.42. The fourth-order valence-corrected chi connectivity index (χ4v) is 1.57. The molecule has 0 aromatic heterocycles. The van der Waals surface area contributed by atoms with Crippen molar-refractivity contribution in [3.8, 4) is 12.3 Å². The van der Waals surface area contributed by atoms with Crippen LogP contribution >= 0.6 is 0 Å². The highest BCUT2D eigenvalue weighted by Gasteiger charge is 2.26. The lowest BCUT2D eigenvalue weighted by Gasteiger charge is -2.11. The average Bonchev–Trinajstić information content (AvgIpc) is 2.79. The molecule has 0 amide bonds. The molecule has 0 bridgehead atoms. The molecule has 1 aliphatic heterocycles. The molecular formula is C13H14O3. The van der Waals surface area contributed by atoms with Gasteiger partial charge < -0.3 is 14.2 Å². The van der Waals surface area contributed by atoms with E-state index >= 15 is 0 Å². The van der Waals surface area contributed by atoms with Gasteiger partial charge in [-0.25, -0.2) is 0 Å². The van der Waals surface area contributed by atoms with Gasteiger partial charge in [-0.1, -0.05) is 36.3 Å². The number of ether oxygens (including phenoxy) is 3. The fraction of sp³-hybridized carbons (Fsp3) is 0.385. The van der Waals surface area contributed by atoms with Crippen LogP contribution in [0.4, 0.5) is 0 Å². The van der Waals surface area contributed by atoms with Gasteiger partial charge in [0.1, 0.15) is 12.7 Å². The fourth-order valence-electron chi connectivity index (χ4n) is 1.57. The Bertz CT molecular complexity index is 355. The zero-order chi connectivity index (χ0) is 11.2. The van der Waals surface area contributed by atoms with Gasteiger partial charge in [-0.2, -0.15) is 0 Å². The maximum atomic E-state index is 5.68. The monoisotopic (exact) mass is 218 g/mol.